The molecule has 0 saturated heterocycles. The lowest BCUT2D eigenvalue weighted by Crippen LogP contribution is -2.11. The Balaban J connectivity index is 1.85. The van der Waals surface area contributed by atoms with Gasteiger partial charge < -0.3 is 9.15 Å². The smallest absolute Gasteiger partial charge is 0.235 e. The van der Waals surface area contributed by atoms with Gasteiger partial charge in [0.2, 0.25) is 11.2 Å². The zero-order chi connectivity index (χ0) is 23.0. The molecule has 1 heterocycles. The molecule has 0 spiro atoms. The van der Waals surface area contributed by atoms with Crippen molar-refractivity contribution in [2.75, 3.05) is 0 Å². The van der Waals surface area contributed by atoms with Gasteiger partial charge in [0, 0.05) is 15.6 Å². The number of aryl methyl sites for hydroxylation is 1. The van der Waals surface area contributed by atoms with Gasteiger partial charge in [-0.05, 0) is 53.3 Å². The molecule has 0 aliphatic rings. The van der Waals surface area contributed by atoms with Gasteiger partial charge in [-0.3, -0.25) is 4.79 Å². The Bertz CT molecular complexity index is 1330. The quantitative estimate of drug-likeness (QED) is 0.306. The maximum atomic E-state index is 13.4. The Morgan fingerprint density at radius 3 is 2.22 bits per heavy atom. The number of hydrogen-bond acceptors (Lipinski definition) is 3. The monoisotopic (exact) mass is 466 g/mol. The summed E-state index contributed by atoms with van der Waals surface area (Å²) in [6, 6.07) is 18.8. The van der Waals surface area contributed by atoms with Crippen LogP contribution in [0, 0.1) is 6.92 Å². The summed E-state index contributed by atoms with van der Waals surface area (Å²) in [5.74, 6) is 0.564. The van der Waals surface area contributed by atoms with E-state index in [4.69, 9.17) is 32.4 Å². The van der Waals surface area contributed by atoms with Crippen molar-refractivity contribution in [1.29, 1.82) is 0 Å². The van der Waals surface area contributed by atoms with Crippen molar-refractivity contribution < 1.29 is 9.15 Å². The lowest BCUT2D eigenvalue weighted by atomic mass is 9.86. The molecule has 32 heavy (non-hydrogen) atoms. The Kier molecular flexibility index (Phi) is 6.07. The van der Waals surface area contributed by atoms with Crippen LogP contribution in [-0.2, 0) is 12.0 Å². The van der Waals surface area contributed by atoms with E-state index in [0.29, 0.717) is 26.8 Å². The molecule has 3 aromatic carbocycles. The second-order valence-corrected chi connectivity index (χ2v) is 9.77. The molecule has 0 fully saturated rings. The van der Waals surface area contributed by atoms with Crippen LogP contribution >= 0.6 is 23.2 Å². The minimum atomic E-state index is -0.253. The second-order valence-electron chi connectivity index (χ2n) is 8.93. The van der Waals surface area contributed by atoms with Gasteiger partial charge >= 0.3 is 0 Å². The molecule has 0 radical (unpaired) electrons. The van der Waals surface area contributed by atoms with Crippen molar-refractivity contribution >= 4 is 34.2 Å². The van der Waals surface area contributed by atoms with Crippen LogP contribution in [0.3, 0.4) is 0 Å². The van der Waals surface area contributed by atoms with E-state index in [-0.39, 0.29) is 23.2 Å². The zero-order valence-electron chi connectivity index (χ0n) is 18.5. The van der Waals surface area contributed by atoms with Crippen LogP contribution < -0.4 is 10.2 Å². The Hall–Kier alpha value is -2.75. The number of benzene rings is 3. The van der Waals surface area contributed by atoms with Gasteiger partial charge in [-0.15, -0.1) is 0 Å². The van der Waals surface area contributed by atoms with E-state index in [9.17, 15) is 4.79 Å². The molecule has 4 rings (SSSR count). The molecule has 5 heteroatoms. The summed E-state index contributed by atoms with van der Waals surface area (Å²) in [6.45, 7) is 8.56. The second kappa shape index (κ2) is 8.65. The van der Waals surface area contributed by atoms with Crippen LogP contribution in [0.25, 0.3) is 22.3 Å². The summed E-state index contributed by atoms with van der Waals surface area (Å²) in [7, 11) is 0. The van der Waals surface area contributed by atoms with E-state index in [1.807, 2.05) is 31.2 Å². The molecular weight excluding hydrogens is 443 g/mol. The molecule has 0 saturated carbocycles. The molecule has 4 aromatic rings. The predicted octanol–water partition coefficient (Wildman–Crippen LogP) is 7.95. The van der Waals surface area contributed by atoms with Crippen LogP contribution in [0.1, 0.15) is 37.5 Å². The van der Waals surface area contributed by atoms with Crippen LogP contribution in [0.15, 0.2) is 69.9 Å². The molecule has 0 atom stereocenters. The van der Waals surface area contributed by atoms with Crippen molar-refractivity contribution in [2.24, 2.45) is 0 Å². The molecule has 1 aromatic heterocycles. The topological polar surface area (TPSA) is 39.4 Å². The molecular formula is C27H24Cl2O3. The Morgan fingerprint density at radius 2 is 1.59 bits per heavy atom. The maximum absolute atomic E-state index is 13.4. The maximum Gasteiger partial charge on any atom is 0.235 e. The molecule has 164 valence electrons. The van der Waals surface area contributed by atoms with E-state index in [1.54, 1.807) is 24.3 Å². The van der Waals surface area contributed by atoms with Crippen LogP contribution in [-0.4, -0.2) is 0 Å². The van der Waals surface area contributed by atoms with E-state index in [2.05, 4.69) is 32.9 Å². The summed E-state index contributed by atoms with van der Waals surface area (Å²) < 4.78 is 12.3. The van der Waals surface area contributed by atoms with Crippen molar-refractivity contribution in [3.8, 4) is 17.1 Å². The summed E-state index contributed by atoms with van der Waals surface area (Å²) >= 11 is 12.3. The van der Waals surface area contributed by atoms with Gasteiger partial charge in [-0.25, -0.2) is 0 Å². The van der Waals surface area contributed by atoms with Crippen molar-refractivity contribution in [1.82, 2.24) is 0 Å². The molecule has 3 nitrogen and oxygen atoms in total. The zero-order valence-corrected chi connectivity index (χ0v) is 20.0. The van der Waals surface area contributed by atoms with Crippen molar-refractivity contribution in [3.05, 3.63) is 97.6 Å². The highest BCUT2D eigenvalue weighted by Gasteiger charge is 2.20. The number of halogens is 2. The van der Waals surface area contributed by atoms with E-state index >= 15 is 0 Å². The third-order valence-corrected chi connectivity index (χ3v) is 6.10. The average molecular weight is 467 g/mol. The lowest BCUT2D eigenvalue weighted by molar-refractivity contribution is 0.298. The number of fused-ring (bicyclic) bond motifs is 1. The van der Waals surface area contributed by atoms with Crippen molar-refractivity contribution in [3.63, 3.8) is 0 Å². The van der Waals surface area contributed by atoms with Gasteiger partial charge in [0.15, 0.2) is 5.76 Å². The van der Waals surface area contributed by atoms with Gasteiger partial charge in [-0.1, -0.05) is 80.4 Å². The first-order chi connectivity index (χ1) is 15.1. The largest absolute Gasteiger partial charge is 0.481 e. The molecule has 0 amide bonds. The van der Waals surface area contributed by atoms with E-state index in [1.165, 1.54) is 5.56 Å². The normalized spacial score (nSPS) is 11.7. The minimum absolute atomic E-state index is 0.0184. The standard InChI is InChI=1S/C27H24Cl2O3/c1-16-13-23-21(14-22(16)29)24(30)26(31-15-17-5-11-20(28)12-6-17)25(32-23)18-7-9-19(10-8-18)27(2,3)4/h5-14H,15H2,1-4H3. The van der Waals surface area contributed by atoms with Gasteiger partial charge in [0.05, 0.1) is 5.39 Å². The summed E-state index contributed by atoms with van der Waals surface area (Å²) in [4.78, 5) is 13.4. The van der Waals surface area contributed by atoms with Gasteiger partial charge in [0.25, 0.3) is 0 Å². The fourth-order valence-electron chi connectivity index (χ4n) is 3.48. The lowest BCUT2D eigenvalue weighted by Gasteiger charge is -2.19. The SMILES string of the molecule is Cc1cc2oc(-c3ccc(C(C)(C)C)cc3)c(OCc3ccc(Cl)cc3)c(=O)c2cc1Cl. The number of rotatable bonds is 4. The van der Waals surface area contributed by atoms with E-state index < -0.39 is 0 Å². The van der Waals surface area contributed by atoms with Crippen LogP contribution in [0.2, 0.25) is 10.0 Å². The summed E-state index contributed by atoms with van der Waals surface area (Å²) in [5, 5.41) is 1.54. The fourth-order valence-corrected chi connectivity index (χ4v) is 3.77. The third-order valence-electron chi connectivity index (χ3n) is 5.44. The minimum Gasteiger partial charge on any atom is -0.481 e. The van der Waals surface area contributed by atoms with Gasteiger partial charge in [-0.2, -0.15) is 0 Å². The molecule has 0 bridgehead atoms. The molecule has 0 unspecified atom stereocenters. The van der Waals surface area contributed by atoms with Crippen LogP contribution in [0.5, 0.6) is 5.75 Å². The Labute approximate surface area is 197 Å². The molecule has 0 aliphatic carbocycles. The third kappa shape index (κ3) is 4.55. The van der Waals surface area contributed by atoms with Crippen LogP contribution in [0.4, 0.5) is 0 Å². The highest BCUT2D eigenvalue weighted by atomic mass is 35.5. The molecule has 0 N–H and O–H groups in total. The Morgan fingerprint density at radius 1 is 0.938 bits per heavy atom. The van der Waals surface area contributed by atoms with Crippen molar-refractivity contribution in [2.45, 2.75) is 39.7 Å². The highest BCUT2D eigenvalue weighted by Crippen LogP contribution is 2.34. The predicted molar refractivity (Wildman–Crippen MR) is 132 cm³/mol. The first-order valence-electron chi connectivity index (χ1n) is 10.4. The average Bonchev–Trinajstić information content (AvgIpc) is 2.75. The van der Waals surface area contributed by atoms with Gasteiger partial charge in [0.1, 0.15) is 12.2 Å². The first-order valence-corrected chi connectivity index (χ1v) is 11.1. The highest BCUT2D eigenvalue weighted by molar-refractivity contribution is 6.32. The summed E-state index contributed by atoms with van der Waals surface area (Å²) in [5.41, 5.74) is 3.94. The number of ether oxygens (including phenoxy) is 1. The first kappa shape index (κ1) is 22.4. The van der Waals surface area contributed by atoms with E-state index in [0.717, 1.165) is 16.7 Å². The summed E-state index contributed by atoms with van der Waals surface area (Å²) in [6.07, 6.45) is 0. The fraction of sp³-hybridized carbons (Fsp3) is 0.222. The molecule has 0 aliphatic heterocycles. The number of hydrogen-bond donors (Lipinski definition) is 0.